The molecule has 1 aromatic heterocycles. The van der Waals surface area contributed by atoms with Crippen LogP contribution in [0.2, 0.25) is 0 Å². The molecule has 1 aliphatic heterocycles. The van der Waals surface area contributed by atoms with Crippen LogP contribution in [0.4, 0.5) is 10.8 Å². The van der Waals surface area contributed by atoms with Gasteiger partial charge in [0.2, 0.25) is 11.7 Å². The number of hydrogen-bond donors (Lipinski definition) is 5. The molecule has 24 heavy (non-hydrogen) atoms. The second-order valence-corrected chi connectivity index (χ2v) is 5.89. The molecule has 0 aliphatic carbocycles. The zero-order valence-electron chi connectivity index (χ0n) is 12.5. The Kier molecular flexibility index (Phi) is 4.40. The zero-order valence-corrected chi connectivity index (χ0v) is 13.3. The number of aryl methyl sites for hydroxylation is 1. The molecular formula is C14H15N7O2S. The molecule has 2 aromatic rings. The van der Waals surface area contributed by atoms with Crippen molar-refractivity contribution in [3.8, 4) is 11.3 Å². The monoisotopic (exact) mass is 345 g/mol. The third kappa shape index (κ3) is 3.19. The summed E-state index contributed by atoms with van der Waals surface area (Å²) in [6.07, 6.45) is 1.17. The number of nitrogens with zero attached hydrogens (tertiary/aromatic N) is 2. The van der Waals surface area contributed by atoms with Gasteiger partial charge in [0.1, 0.15) is 0 Å². The van der Waals surface area contributed by atoms with Crippen molar-refractivity contribution in [3.63, 3.8) is 0 Å². The Labute approximate surface area is 141 Å². The molecule has 7 N–H and O–H groups in total. The van der Waals surface area contributed by atoms with Gasteiger partial charge < -0.3 is 16.6 Å². The van der Waals surface area contributed by atoms with Crippen LogP contribution in [-0.4, -0.2) is 22.6 Å². The summed E-state index contributed by atoms with van der Waals surface area (Å²) in [6.45, 7) is 0. The Bertz CT molecular complexity index is 830. The SMILES string of the molecule is N/N=C(\NN)C(=O)Nc1nc(-c2ccc3c(c2)CCC(=O)N3)cs1. The molecule has 0 bridgehead atoms. The van der Waals surface area contributed by atoms with Gasteiger partial charge in [-0.1, -0.05) is 6.07 Å². The Balaban J connectivity index is 1.79. The van der Waals surface area contributed by atoms with E-state index in [9.17, 15) is 9.59 Å². The van der Waals surface area contributed by atoms with E-state index in [1.165, 1.54) is 11.3 Å². The highest BCUT2D eigenvalue weighted by Gasteiger charge is 2.17. The van der Waals surface area contributed by atoms with Gasteiger partial charge in [0.25, 0.3) is 5.91 Å². The number of hydrogen-bond acceptors (Lipinski definition) is 7. The minimum absolute atomic E-state index is 0.0276. The fourth-order valence-electron chi connectivity index (χ4n) is 2.32. The average Bonchev–Trinajstić information content (AvgIpc) is 3.04. The lowest BCUT2D eigenvalue weighted by Crippen LogP contribution is -2.40. The predicted octanol–water partition coefficient (Wildman–Crippen LogP) is 0.369. The number of hydrazone groups is 1. The standard InChI is InChI=1S/C14H15N7O2S/c15-20-12(21-16)13(23)19-14-18-10(6-24-14)8-1-3-9-7(5-8)2-4-11(22)17-9/h1,3,5-6H,2,4,15-16H2,(H,17,22)(H,20,21)(H,18,19,23). The van der Waals surface area contributed by atoms with E-state index in [0.717, 1.165) is 22.5 Å². The van der Waals surface area contributed by atoms with Crippen molar-refractivity contribution >= 4 is 39.8 Å². The molecule has 2 heterocycles. The summed E-state index contributed by atoms with van der Waals surface area (Å²) >= 11 is 1.27. The van der Waals surface area contributed by atoms with E-state index in [1.54, 1.807) is 0 Å². The van der Waals surface area contributed by atoms with Crippen LogP contribution in [0.1, 0.15) is 12.0 Å². The summed E-state index contributed by atoms with van der Waals surface area (Å²) in [6, 6.07) is 5.72. The number of carbonyl (C=O) groups is 2. The Morgan fingerprint density at radius 1 is 1.38 bits per heavy atom. The maximum Gasteiger partial charge on any atom is 0.296 e. The zero-order chi connectivity index (χ0) is 17.1. The molecule has 0 saturated heterocycles. The first-order valence-corrected chi connectivity index (χ1v) is 7.93. The van der Waals surface area contributed by atoms with Gasteiger partial charge in [0, 0.05) is 23.1 Å². The highest BCUT2D eigenvalue weighted by Crippen LogP contribution is 2.30. The predicted molar refractivity (Wildman–Crippen MR) is 92.1 cm³/mol. The van der Waals surface area contributed by atoms with E-state index in [1.807, 2.05) is 23.6 Å². The number of carbonyl (C=O) groups excluding carboxylic acids is 2. The number of hydrazine groups is 1. The van der Waals surface area contributed by atoms with Crippen molar-refractivity contribution in [2.24, 2.45) is 16.8 Å². The number of amides is 2. The second-order valence-electron chi connectivity index (χ2n) is 5.03. The Morgan fingerprint density at radius 3 is 2.96 bits per heavy atom. The molecule has 0 spiro atoms. The number of nitrogens with two attached hydrogens (primary N) is 2. The molecule has 2 amide bonds. The maximum atomic E-state index is 11.8. The number of benzene rings is 1. The number of nitrogens with one attached hydrogen (secondary N) is 3. The van der Waals surface area contributed by atoms with Gasteiger partial charge in [-0.25, -0.2) is 10.8 Å². The minimum Gasteiger partial charge on any atom is -0.326 e. The van der Waals surface area contributed by atoms with Crippen molar-refractivity contribution in [2.75, 3.05) is 10.6 Å². The lowest BCUT2D eigenvalue weighted by molar-refractivity contribution is -0.116. The van der Waals surface area contributed by atoms with Crippen LogP contribution >= 0.6 is 11.3 Å². The van der Waals surface area contributed by atoms with Crippen LogP contribution in [0, 0.1) is 0 Å². The first-order valence-electron chi connectivity index (χ1n) is 7.05. The fourth-order valence-corrected chi connectivity index (χ4v) is 3.04. The Morgan fingerprint density at radius 2 is 2.21 bits per heavy atom. The summed E-state index contributed by atoms with van der Waals surface area (Å²) in [7, 11) is 0. The van der Waals surface area contributed by atoms with Crippen molar-refractivity contribution in [1.82, 2.24) is 10.4 Å². The van der Waals surface area contributed by atoms with Gasteiger partial charge in [-0.05, 0) is 24.1 Å². The van der Waals surface area contributed by atoms with Crippen LogP contribution in [-0.2, 0) is 16.0 Å². The summed E-state index contributed by atoms with van der Waals surface area (Å²) < 4.78 is 0. The average molecular weight is 345 g/mol. The number of fused-ring (bicyclic) bond motifs is 1. The molecule has 1 aliphatic rings. The molecule has 124 valence electrons. The number of anilines is 2. The highest BCUT2D eigenvalue weighted by atomic mass is 32.1. The van der Waals surface area contributed by atoms with E-state index in [-0.39, 0.29) is 11.7 Å². The normalized spacial score (nSPS) is 13.9. The molecule has 0 unspecified atom stereocenters. The molecule has 0 radical (unpaired) electrons. The van der Waals surface area contributed by atoms with E-state index >= 15 is 0 Å². The second kappa shape index (κ2) is 6.64. The Hall–Kier alpha value is -2.98. The summed E-state index contributed by atoms with van der Waals surface area (Å²) in [5.74, 6) is 9.44. The molecule has 0 atom stereocenters. The lowest BCUT2D eigenvalue weighted by atomic mass is 9.99. The molecule has 1 aromatic carbocycles. The van der Waals surface area contributed by atoms with Crippen molar-refractivity contribution in [2.45, 2.75) is 12.8 Å². The molecular weight excluding hydrogens is 330 g/mol. The molecule has 0 fully saturated rings. The molecule has 9 nitrogen and oxygen atoms in total. The van der Waals surface area contributed by atoms with Gasteiger partial charge >= 0.3 is 0 Å². The first kappa shape index (κ1) is 15.9. The smallest absolute Gasteiger partial charge is 0.296 e. The third-order valence-corrected chi connectivity index (χ3v) is 4.26. The van der Waals surface area contributed by atoms with Gasteiger partial charge in [-0.3, -0.25) is 14.9 Å². The van der Waals surface area contributed by atoms with Gasteiger partial charge in [-0.2, -0.15) is 5.10 Å². The number of aromatic nitrogens is 1. The van der Waals surface area contributed by atoms with Gasteiger partial charge in [0.05, 0.1) is 5.69 Å². The number of thiazole rings is 1. The summed E-state index contributed by atoms with van der Waals surface area (Å²) in [4.78, 5) is 27.6. The third-order valence-electron chi connectivity index (χ3n) is 3.50. The maximum absolute atomic E-state index is 11.8. The number of amidine groups is 1. The van der Waals surface area contributed by atoms with Gasteiger partial charge in [-0.15, -0.1) is 11.3 Å². The highest BCUT2D eigenvalue weighted by molar-refractivity contribution is 7.14. The van der Waals surface area contributed by atoms with Crippen LogP contribution in [0.5, 0.6) is 0 Å². The lowest BCUT2D eigenvalue weighted by Gasteiger charge is -2.17. The van der Waals surface area contributed by atoms with Crippen LogP contribution in [0.25, 0.3) is 11.3 Å². The van der Waals surface area contributed by atoms with E-state index in [0.29, 0.717) is 18.0 Å². The summed E-state index contributed by atoms with van der Waals surface area (Å²) in [5.41, 5.74) is 5.63. The number of rotatable bonds is 2. The topological polar surface area (TPSA) is 148 Å². The van der Waals surface area contributed by atoms with Crippen molar-refractivity contribution in [1.29, 1.82) is 0 Å². The van der Waals surface area contributed by atoms with Crippen LogP contribution in [0.15, 0.2) is 28.7 Å². The van der Waals surface area contributed by atoms with E-state index in [2.05, 4.69) is 26.1 Å². The van der Waals surface area contributed by atoms with Crippen molar-refractivity contribution < 1.29 is 9.59 Å². The van der Waals surface area contributed by atoms with Crippen LogP contribution in [0.3, 0.4) is 0 Å². The molecule has 0 saturated carbocycles. The van der Waals surface area contributed by atoms with E-state index in [4.69, 9.17) is 11.7 Å². The summed E-state index contributed by atoms with van der Waals surface area (Å²) in [5, 5.41) is 10.9. The quantitative estimate of drug-likeness (QED) is 0.230. The molecule has 10 heteroatoms. The fraction of sp³-hybridized carbons (Fsp3) is 0.143. The van der Waals surface area contributed by atoms with Gasteiger partial charge in [0.15, 0.2) is 5.13 Å². The minimum atomic E-state index is -0.575. The van der Waals surface area contributed by atoms with Crippen molar-refractivity contribution in [3.05, 3.63) is 29.1 Å². The molecule has 3 rings (SSSR count). The first-order chi connectivity index (χ1) is 11.6. The van der Waals surface area contributed by atoms with Crippen LogP contribution < -0.4 is 27.7 Å². The largest absolute Gasteiger partial charge is 0.326 e. The van der Waals surface area contributed by atoms with E-state index < -0.39 is 5.91 Å².